The number of hydrogen-bond acceptors (Lipinski definition) is 5. The molecule has 138 valence electrons. The van der Waals surface area contributed by atoms with Crippen LogP contribution in [-0.4, -0.2) is 48.9 Å². The van der Waals surface area contributed by atoms with E-state index in [1.807, 2.05) is 20.8 Å². The molecule has 1 aromatic rings. The SMILES string of the molecule is COC(=O)c1cc(Cl)ccc1OC1CCN(C(=O)OC(C)(C)C)CC1. The van der Waals surface area contributed by atoms with Gasteiger partial charge in [-0.2, -0.15) is 0 Å². The number of rotatable bonds is 3. The Morgan fingerprint density at radius 3 is 2.40 bits per heavy atom. The highest BCUT2D eigenvalue weighted by molar-refractivity contribution is 6.31. The Bertz CT molecular complexity index is 633. The van der Waals surface area contributed by atoms with Crippen LogP contribution in [0.15, 0.2) is 18.2 Å². The van der Waals surface area contributed by atoms with Gasteiger partial charge in [-0.15, -0.1) is 0 Å². The second kappa shape index (κ2) is 7.95. The number of carbonyl (C=O) groups is 2. The van der Waals surface area contributed by atoms with Crippen molar-refractivity contribution < 1.29 is 23.8 Å². The quantitative estimate of drug-likeness (QED) is 0.756. The van der Waals surface area contributed by atoms with E-state index in [0.717, 1.165) is 0 Å². The lowest BCUT2D eigenvalue weighted by Crippen LogP contribution is -2.44. The summed E-state index contributed by atoms with van der Waals surface area (Å²) < 4.78 is 16.1. The van der Waals surface area contributed by atoms with Crippen molar-refractivity contribution in [3.63, 3.8) is 0 Å². The van der Waals surface area contributed by atoms with E-state index in [1.165, 1.54) is 13.2 Å². The molecule has 6 nitrogen and oxygen atoms in total. The zero-order valence-corrected chi connectivity index (χ0v) is 15.8. The average Bonchev–Trinajstić information content (AvgIpc) is 2.54. The lowest BCUT2D eigenvalue weighted by atomic mass is 10.1. The van der Waals surface area contributed by atoms with Crippen LogP contribution in [0.25, 0.3) is 0 Å². The lowest BCUT2D eigenvalue weighted by Gasteiger charge is -2.33. The van der Waals surface area contributed by atoms with E-state index in [9.17, 15) is 9.59 Å². The first-order valence-corrected chi connectivity index (χ1v) is 8.60. The molecule has 1 saturated heterocycles. The fraction of sp³-hybridized carbons (Fsp3) is 0.556. The topological polar surface area (TPSA) is 65.1 Å². The Balaban J connectivity index is 1.97. The third-order valence-electron chi connectivity index (χ3n) is 3.73. The molecule has 2 rings (SSSR count). The monoisotopic (exact) mass is 369 g/mol. The average molecular weight is 370 g/mol. The van der Waals surface area contributed by atoms with E-state index in [4.69, 9.17) is 25.8 Å². The summed E-state index contributed by atoms with van der Waals surface area (Å²) in [6.07, 6.45) is 0.904. The van der Waals surface area contributed by atoms with Crippen LogP contribution in [0, 0.1) is 0 Å². The summed E-state index contributed by atoms with van der Waals surface area (Å²) in [5.41, 5.74) is -0.215. The molecule has 0 bridgehead atoms. The Morgan fingerprint density at radius 1 is 1.20 bits per heavy atom. The summed E-state index contributed by atoms with van der Waals surface area (Å²) in [5.74, 6) is -0.0596. The summed E-state index contributed by atoms with van der Waals surface area (Å²) in [7, 11) is 1.31. The molecule has 0 radical (unpaired) electrons. The minimum atomic E-state index is -0.511. The minimum Gasteiger partial charge on any atom is -0.489 e. The van der Waals surface area contributed by atoms with Gasteiger partial charge in [0.05, 0.1) is 7.11 Å². The van der Waals surface area contributed by atoms with Crippen LogP contribution >= 0.6 is 11.6 Å². The smallest absolute Gasteiger partial charge is 0.410 e. The van der Waals surface area contributed by atoms with Crippen molar-refractivity contribution in [2.24, 2.45) is 0 Å². The summed E-state index contributed by atoms with van der Waals surface area (Å²) in [4.78, 5) is 25.6. The van der Waals surface area contributed by atoms with Gasteiger partial charge in [0.1, 0.15) is 23.0 Å². The van der Waals surface area contributed by atoms with Crippen molar-refractivity contribution in [3.8, 4) is 5.75 Å². The molecular weight excluding hydrogens is 346 g/mol. The van der Waals surface area contributed by atoms with Gasteiger partial charge >= 0.3 is 12.1 Å². The number of methoxy groups -OCH3 is 1. The molecule has 1 fully saturated rings. The molecule has 0 aliphatic carbocycles. The van der Waals surface area contributed by atoms with E-state index < -0.39 is 11.6 Å². The van der Waals surface area contributed by atoms with Gasteiger partial charge in [-0.3, -0.25) is 0 Å². The number of hydrogen-bond donors (Lipinski definition) is 0. The van der Waals surface area contributed by atoms with Gasteiger partial charge < -0.3 is 19.1 Å². The van der Waals surface area contributed by atoms with E-state index in [-0.39, 0.29) is 12.2 Å². The number of amides is 1. The van der Waals surface area contributed by atoms with Gasteiger partial charge in [-0.25, -0.2) is 9.59 Å². The van der Waals surface area contributed by atoms with Gasteiger partial charge in [-0.1, -0.05) is 11.6 Å². The first-order chi connectivity index (χ1) is 11.7. The Labute approximate surface area is 153 Å². The van der Waals surface area contributed by atoms with Gasteiger partial charge in [0.2, 0.25) is 0 Å². The summed E-state index contributed by atoms with van der Waals surface area (Å²) in [5, 5.41) is 0.437. The molecule has 0 spiro atoms. The van der Waals surface area contributed by atoms with Crippen LogP contribution in [0.2, 0.25) is 5.02 Å². The Morgan fingerprint density at radius 2 is 1.84 bits per heavy atom. The molecule has 1 heterocycles. The van der Waals surface area contributed by atoms with E-state index in [2.05, 4.69) is 0 Å². The molecule has 1 amide bonds. The van der Waals surface area contributed by atoms with E-state index in [0.29, 0.717) is 42.3 Å². The summed E-state index contributed by atoms with van der Waals surface area (Å²) in [6, 6.07) is 4.85. The van der Waals surface area contributed by atoms with Crippen LogP contribution in [0.1, 0.15) is 44.0 Å². The molecule has 0 aromatic heterocycles. The molecular formula is C18H24ClNO5. The van der Waals surface area contributed by atoms with E-state index >= 15 is 0 Å². The normalized spacial score (nSPS) is 15.6. The zero-order valence-electron chi connectivity index (χ0n) is 15.0. The number of ether oxygens (including phenoxy) is 3. The molecule has 0 N–H and O–H groups in total. The Hall–Kier alpha value is -1.95. The standard InChI is InChI=1S/C18H24ClNO5/c1-18(2,3)25-17(22)20-9-7-13(8-10-20)24-15-6-5-12(19)11-14(15)16(21)23-4/h5-6,11,13H,7-10H2,1-4H3. The highest BCUT2D eigenvalue weighted by Gasteiger charge is 2.28. The molecule has 0 atom stereocenters. The predicted octanol–water partition coefficient (Wildman–Crippen LogP) is 3.90. The summed E-state index contributed by atoms with van der Waals surface area (Å²) in [6.45, 7) is 6.61. The van der Waals surface area contributed by atoms with Crippen LogP contribution in [0.4, 0.5) is 4.79 Å². The summed E-state index contributed by atoms with van der Waals surface area (Å²) >= 11 is 5.95. The fourth-order valence-corrected chi connectivity index (χ4v) is 2.71. The van der Waals surface area contributed by atoms with Crippen molar-refractivity contribution in [1.82, 2.24) is 4.90 Å². The van der Waals surface area contributed by atoms with Gasteiger partial charge in [-0.05, 0) is 39.0 Å². The van der Waals surface area contributed by atoms with Crippen molar-refractivity contribution in [3.05, 3.63) is 28.8 Å². The Kier molecular flexibility index (Phi) is 6.16. The maximum atomic E-state index is 12.1. The second-order valence-corrected chi connectivity index (χ2v) is 7.35. The van der Waals surface area contributed by atoms with Crippen molar-refractivity contribution in [1.29, 1.82) is 0 Å². The number of carbonyl (C=O) groups excluding carboxylic acids is 2. The number of nitrogens with zero attached hydrogens (tertiary/aromatic N) is 1. The van der Waals surface area contributed by atoms with Crippen molar-refractivity contribution in [2.45, 2.75) is 45.3 Å². The van der Waals surface area contributed by atoms with Crippen molar-refractivity contribution >= 4 is 23.7 Å². The molecule has 7 heteroatoms. The van der Waals surface area contributed by atoms with Gasteiger partial charge in [0.25, 0.3) is 0 Å². The lowest BCUT2D eigenvalue weighted by molar-refractivity contribution is 0.0126. The van der Waals surface area contributed by atoms with Gasteiger partial charge in [0.15, 0.2) is 0 Å². The minimum absolute atomic E-state index is 0.0942. The number of benzene rings is 1. The maximum Gasteiger partial charge on any atom is 0.410 e. The maximum absolute atomic E-state index is 12.1. The molecule has 1 aromatic carbocycles. The molecule has 1 aliphatic rings. The van der Waals surface area contributed by atoms with Gasteiger partial charge in [0, 0.05) is 31.0 Å². The third kappa shape index (κ3) is 5.53. The first kappa shape index (κ1) is 19.4. The largest absolute Gasteiger partial charge is 0.489 e. The number of halogens is 1. The highest BCUT2D eigenvalue weighted by Crippen LogP contribution is 2.27. The fourth-order valence-electron chi connectivity index (χ4n) is 2.54. The highest BCUT2D eigenvalue weighted by atomic mass is 35.5. The first-order valence-electron chi connectivity index (χ1n) is 8.22. The third-order valence-corrected chi connectivity index (χ3v) is 3.97. The zero-order chi connectivity index (χ0) is 18.6. The number of esters is 1. The van der Waals surface area contributed by atoms with Crippen LogP contribution in [0.3, 0.4) is 0 Å². The van der Waals surface area contributed by atoms with Crippen LogP contribution in [-0.2, 0) is 9.47 Å². The van der Waals surface area contributed by atoms with Crippen LogP contribution < -0.4 is 4.74 Å². The second-order valence-electron chi connectivity index (χ2n) is 6.92. The molecule has 1 aliphatic heterocycles. The number of piperidine rings is 1. The molecule has 0 saturated carbocycles. The predicted molar refractivity (Wildman–Crippen MR) is 94.2 cm³/mol. The van der Waals surface area contributed by atoms with Crippen LogP contribution in [0.5, 0.6) is 5.75 Å². The van der Waals surface area contributed by atoms with E-state index in [1.54, 1.807) is 17.0 Å². The molecule has 0 unspecified atom stereocenters. The number of likely N-dealkylation sites (tertiary alicyclic amines) is 1. The van der Waals surface area contributed by atoms with Crippen molar-refractivity contribution in [2.75, 3.05) is 20.2 Å². The molecule has 25 heavy (non-hydrogen) atoms.